The van der Waals surface area contributed by atoms with Crippen LogP contribution in [0.4, 0.5) is 0 Å². The lowest BCUT2D eigenvalue weighted by Crippen LogP contribution is -2.40. The van der Waals surface area contributed by atoms with E-state index in [0.717, 1.165) is 18.4 Å². The van der Waals surface area contributed by atoms with E-state index in [0.29, 0.717) is 31.8 Å². The fourth-order valence-corrected chi connectivity index (χ4v) is 3.18. The van der Waals surface area contributed by atoms with E-state index in [2.05, 4.69) is 10.3 Å². The largest absolute Gasteiger partial charge is 0.481 e. The molecule has 1 N–H and O–H groups in total. The van der Waals surface area contributed by atoms with Gasteiger partial charge in [0, 0.05) is 31.8 Å². The van der Waals surface area contributed by atoms with Crippen LogP contribution in [-0.4, -0.2) is 49.9 Å². The lowest BCUT2D eigenvalue weighted by Gasteiger charge is -2.32. The number of carbonyl (C=O) groups excluding carboxylic acids is 1. The summed E-state index contributed by atoms with van der Waals surface area (Å²) >= 11 is 0. The molecule has 1 aliphatic rings. The van der Waals surface area contributed by atoms with Crippen molar-refractivity contribution in [1.29, 1.82) is 0 Å². The number of hydrogen-bond donors (Lipinski definition) is 1. The van der Waals surface area contributed by atoms with E-state index in [1.54, 1.807) is 21.8 Å². The molecule has 0 spiro atoms. The average molecular weight is 346 g/mol. The highest BCUT2D eigenvalue weighted by Crippen LogP contribution is 2.22. The summed E-state index contributed by atoms with van der Waals surface area (Å²) in [7, 11) is 0. The van der Waals surface area contributed by atoms with Crippen molar-refractivity contribution in [1.82, 2.24) is 19.8 Å². The van der Waals surface area contributed by atoms with Crippen LogP contribution in [0.5, 0.6) is 0 Å². The molecule has 1 atom stereocenters. The molecule has 0 radical (unpaired) electrons. The third-order valence-electron chi connectivity index (χ3n) is 4.43. The Hall–Kier alpha value is -2.64. The van der Waals surface area contributed by atoms with Crippen LogP contribution in [0.15, 0.2) is 23.0 Å². The molecule has 0 bridgehead atoms. The zero-order valence-corrected chi connectivity index (χ0v) is 14.2. The maximum atomic E-state index is 12.6. The summed E-state index contributed by atoms with van der Waals surface area (Å²) in [5.74, 6) is -0.150. The van der Waals surface area contributed by atoms with Gasteiger partial charge in [-0.3, -0.25) is 14.3 Å². The minimum Gasteiger partial charge on any atom is -0.481 e. The first-order chi connectivity index (χ1) is 12.0. The number of aliphatic carboxylic acids is 1. The topological polar surface area (TPSA) is 101 Å². The molecular formula is C17H22N4O4. The zero-order valence-electron chi connectivity index (χ0n) is 14.2. The lowest BCUT2D eigenvalue weighted by atomic mass is 9.93. The smallest absolute Gasteiger partial charge is 0.303 e. The van der Waals surface area contributed by atoms with Gasteiger partial charge in [-0.25, -0.2) is 0 Å². The van der Waals surface area contributed by atoms with Gasteiger partial charge in [0.15, 0.2) is 11.5 Å². The number of rotatable bonds is 6. The summed E-state index contributed by atoms with van der Waals surface area (Å²) in [5, 5.41) is 16.9. The summed E-state index contributed by atoms with van der Waals surface area (Å²) in [6.45, 7) is 3.63. The number of carboxylic acids is 1. The first kappa shape index (κ1) is 17.2. The van der Waals surface area contributed by atoms with Crippen molar-refractivity contribution in [3.63, 3.8) is 0 Å². The highest BCUT2D eigenvalue weighted by Gasteiger charge is 2.26. The molecule has 8 nitrogen and oxygen atoms in total. The Bertz CT molecular complexity index is 751. The standard InChI is InChI=1S/C17H22N4O4/c1-12-8-18-21(9-12)11-14-7-15(19-25-14)17(24)20-6-2-3-13(10-20)4-5-16(22)23/h7-9,13H,2-6,10-11H2,1H3,(H,22,23). The Morgan fingerprint density at radius 3 is 3.00 bits per heavy atom. The highest BCUT2D eigenvalue weighted by atomic mass is 16.5. The molecule has 1 saturated heterocycles. The molecule has 2 aromatic heterocycles. The van der Waals surface area contributed by atoms with Crippen LogP contribution >= 0.6 is 0 Å². The van der Waals surface area contributed by atoms with Gasteiger partial charge in [-0.15, -0.1) is 0 Å². The van der Waals surface area contributed by atoms with Crippen LogP contribution in [0.25, 0.3) is 0 Å². The van der Waals surface area contributed by atoms with Gasteiger partial charge < -0.3 is 14.5 Å². The Morgan fingerprint density at radius 2 is 2.28 bits per heavy atom. The van der Waals surface area contributed by atoms with Gasteiger partial charge in [-0.05, 0) is 37.7 Å². The normalized spacial score (nSPS) is 17.6. The van der Waals surface area contributed by atoms with Gasteiger partial charge in [0.05, 0.1) is 6.20 Å². The highest BCUT2D eigenvalue weighted by molar-refractivity contribution is 5.92. The molecule has 1 aliphatic heterocycles. The number of amides is 1. The molecule has 8 heteroatoms. The van der Waals surface area contributed by atoms with Crippen molar-refractivity contribution in [3.05, 3.63) is 35.5 Å². The van der Waals surface area contributed by atoms with Crippen molar-refractivity contribution in [3.8, 4) is 0 Å². The van der Waals surface area contributed by atoms with Gasteiger partial charge in [0.25, 0.3) is 5.91 Å². The Balaban J connectivity index is 1.59. The molecule has 0 saturated carbocycles. The second-order valence-electron chi connectivity index (χ2n) is 6.59. The predicted octanol–water partition coefficient (Wildman–Crippen LogP) is 1.94. The van der Waals surface area contributed by atoms with Crippen LogP contribution in [0.1, 0.15) is 47.5 Å². The second-order valence-corrected chi connectivity index (χ2v) is 6.59. The number of nitrogens with zero attached hydrogens (tertiary/aromatic N) is 4. The number of carboxylic acid groups (broad SMARTS) is 1. The first-order valence-corrected chi connectivity index (χ1v) is 8.47. The number of aromatic nitrogens is 3. The molecule has 1 fully saturated rings. The molecule has 0 aromatic carbocycles. The molecule has 134 valence electrons. The molecule has 2 aromatic rings. The quantitative estimate of drug-likeness (QED) is 0.858. The molecule has 3 heterocycles. The number of aryl methyl sites for hydroxylation is 1. The Morgan fingerprint density at radius 1 is 1.44 bits per heavy atom. The van der Waals surface area contributed by atoms with E-state index in [4.69, 9.17) is 9.63 Å². The third-order valence-corrected chi connectivity index (χ3v) is 4.43. The van der Waals surface area contributed by atoms with Gasteiger partial charge in [0.2, 0.25) is 0 Å². The molecular weight excluding hydrogens is 324 g/mol. The summed E-state index contributed by atoms with van der Waals surface area (Å²) in [6.07, 6.45) is 6.23. The molecule has 3 rings (SSSR count). The SMILES string of the molecule is Cc1cnn(Cc2cc(C(=O)N3CCCC(CCC(=O)O)C3)no2)c1. The van der Waals surface area contributed by atoms with E-state index in [1.165, 1.54) is 0 Å². The van der Waals surface area contributed by atoms with Gasteiger partial charge in [-0.1, -0.05) is 5.16 Å². The Labute approximate surface area is 145 Å². The maximum absolute atomic E-state index is 12.6. The summed E-state index contributed by atoms with van der Waals surface area (Å²) in [5.41, 5.74) is 1.34. The van der Waals surface area contributed by atoms with Crippen molar-refractivity contribution in [2.45, 2.75) is 39.2 Å². The van der Waals surface area contributed by atoms with Crippen molar-refractivity contribution >= 4 is 11.9 Å². The lowest BCUT2D eigenvalue weighted by molar-refractivity contribution is -0.137. The molecule has 0 aliphatic carbocycles. The average Bonchev–Trinajstić information content (AvgIpc) is 3.22. The summed E-state index contributed by atoms with van der Waals surface area (Å²) in [4.78, 5) is 25.1. The van der Waals surface area contributed by atoms with Crippen molar-refractivity contribution in [2.75, 3.05) is 13.1 Å². The Kier molecular flexibility index (Phi) is 5.16. The predicted molar refractivity (Wildman–Crippen MR) is 88.1 cm³/mol. The number of hydrogen-bond acceptors (Lipinski definition) is 5. The number of carbonyl (C=O) groups is 2. The second kappa shape index (κ2) is 7.50. The van der Waals surface area contributed by atoms with Gasteiger partial charge in [0.1, 0.15) is 6.54 Å². The fraction of sp³-hybridized carbons (Fsp3) is 0.529. The van der Waals surface area contributed by atoms with Crippen LogP contribution < -0.4 is 0 Å². The maximum Gasteiger partial charge on any atom is 0.303 e. The summed E-state index contributed by atoms with van der Waals surface area (Å²) < 4.78 is 6.99. The van der Waals surface area contributed by atoms with Crippen LogP contribution in [-0.2, 0) is 11.3 Å². The van der Waals surface area contributed by atoms with Crippen LogP contribution in [0, 0.1) is 12.8 Å². The monoisotopic (exact) mass is 346 g/mol. The first-order valence-electron chi connectivity index (χ1n) is 8.47. The number of piperidine rings is 1. The number of likely N-dealkylation sites (tertiary alicyclic amines) is 1. The van der Waals surface area contributed by atoms with Gasteiger partial charge in [-0.2, -0.15) is 5.10 Å². The van der Waals surface area contributed by atoms with Gasteiger partial charge >= 0.3 is 5.97 Å². The van der Waals surface area contributed by atoms with Crippen LogP contribution in [0.3, 0.4) is 0 Å². The minimum atomic E-state index is -0.793. The van der Waals surface area contributed by atoms with E-state index < -0.39 is 5.97 Å². The fourth-order valence-electron chi connectivity index (χ4n) is 3.18. The molecule has 1 amide bonds. The van der Waals surface area contributed by atoms with E-state index >= 15 is 0 Å². The van der Waals surface area contributed by atoms with E-state index in [-0.39, 0.29) is 23.9 Å². The zero-order chi connectivity index (χ0) is 17.8. The minimum absolute atomic E-state index is 0.143. The van der Waals surface area contributed by atoms with Crippen molar-refractivity contribution in [2.24, 2.45) is 5.92 Å². The molecule has 1 unspecified atom stereocenters. The van der Waals surface area contributed by atoms with Crippen LogP contribution in [0.2, 0.25) is 0 Å². The summed E-state index contributed by atoms with van der Waals surface area (Å²) in [6, 6.07) is 1.65. The van der Waals surface area contributed by atoms with E-state index in [1.807, 2.05) is 13.1 Å². The van der Waals surface area contributed by atoms with Crippen molar-refractivity contribution < 1.29 is 19.2 Å². The van der Waals surface area contributed by atoms with E-state index in [9.17, 15) is 9.59 Å². The molecule has 25 heavy (non-hydrogen) atoms. The third kappa shape index (κ3) is 4.46.